The molecule has 19 heavy (non-hydrogen) atoms. The first-order chi connectivity index (χ1) is 9.01. The number of methoxy groups -OCH3 is 1. The zero-order chi connectivity index (χ0) is 14.3. The highest BCUT2D eigenvalue weighted by Gasteiger charge is 2.18. The van der Waals surface area contributed by atoms with E-state index in [0.29, 0.717) is 12.2 Å². The van der Waals surface area contributed by atoms with E-state index in [-0.39, 0.29) is 10.6 Å². The average Bonchev–Trinajstić information content (AvgIpc) is 2.38. The van der Waals surface area contributed by atoms with Crippen molar-refractivity contribution < 1.29 is 13.2 Å². The minimum atomic E-state index is -3.54. The van der Waals surface area contributed by atoms with Crippen LogP contribution in [0.15, 0.2) is 23.1 Å². The van der Waals surface area contributed by atoms with Crippen LogP contribution in [0, 0.1) is 0 Å². The lowest BCUT2D eigenvalue weighted by atomic mass is 10.2. The molecular weight excluding hydrogens is 264 g/mol. The van der Waals surface area contributed by atoms with Gasteiger partial charge in [0, 0.05) is 18.3 Å². The summed E-state index contributed by atoms with van der Waals surface area (Å²) in [5.74, 6) is 0.265. The third-order valence-corrected chi connectivity index (χ3v) is 4.30. The second-order valence-electron chi connectivity index (χ2n) is 4.37. The number of hydrogen-bond acceptors (Lipinski definition) is 4. The number of sulfonamides is 1. The van der Waals surface area contributed by atoms with Crippen LogP contribution in [0.1, 0.15) is 32.6 Å². The summed E-state index contributed by atoms with van der Waals surface area (Å²) in [6.45, 7) is 2.55. The first-order valence-electron chi connectivity index (χ1n) is 6.44. The van der Waals surface area contributed by atoms with Crippen LogP contribution in [0.25, 0.3) is 0 Å². The Balaban J connectivity index is 2.72. The highest BCUT2D eigenvalue weighted by atomic mass is 32.2. The van der Waals surface area contributed by atoms with E-state index in [1.165, 1.54) is 19.2 Å². The van der Waals surface area contributed by atoms with Gasteiger partial charge < -0.3 is 10.5 Å². The van der Waals surface area contributed by atoms with Crippen LogP contribution < -0.4 is 15.2 Å². The average molecular weight is 286 g/mol. The first-order valence-corrected chi connectivity index (χ1v) is 7.92. The summed E-state index contributed by atoms with van der Waals surface area (Å²) in [6, 6.07) is 4.52. The van der Waals surface area contributed by atoms with Crippen molar-refractivity contribution in [2.45, 2.75) is 37.5 Å². The van der Waals surface area contributed by atoms with E-state index in [1.807, 2.05) is 0 Å². The van der Waals surface area contributed by atoms with Crippen molar-refractivity contribution in [1.29, 1.82) is 0 Å². The molecule has 5 nitrogen and oxygen atoms in total. The molecule has 0 saturated carbocycles. The molecule has 0 saturated heterocycles. The van der Waals surface area contributed by atoms with Crippen molar-refractivity contribution in [3.8, 4) is 5.75 Å². The van der Waals surface area contributed by atoms with Gasteiger partial charge in [-0.1, -0.05) is 26.2 Å². The number of nitrogen functional groups attached to an aromatic ring is 1. The van der Waals surface area contributed by atoms with Gasteiger partial charge in [0.15, 0.2) is 0 Å². The lowest BCUT2D eigenvalue weighted by Gasteiger charge is -2.11. The van der Waals surface area contributed by atoms with Gasteiger partial charge in [-0.25, -0.2) is 13.1 Å². The van der Waals surface area contributed by atoms with Crippen LogP contribution in [0.5, 0.6) is 5.75 Å². The first kappa shape index (κ1) is 15.8. The quantitative estimate of drug-likeness (QED) is 0.566. The number of benzene rings is 1. The van der Waals surface area contributed by atoms with Crippen molar-refractivity contribution in [3.63, 3.8) is 0 Å². The number of ether oxygens (including phenoxy) is 1. The zero-order valence-electron chi connectivity index (χ0n) is 11.5. The fraction of sp³-hybridized carbons (Fsp3) is 0.538. The predicted octanol–water partition coefficient (Wildman–Crippen LogP) is 2.14. The van der Waals surface area contributed by atoms with Crippen LogP contribution in [0.3, 0.4) is 0 Å². The molecule has 0 unspecified atom stereocenters. The standard InChI is InChI=1S/C13H22N2O3S/c1-3-4-5-6-9-15-19(16,17)13-8-7-11(14)10-12(13)18-2/h7-8,10,15H,3-6,9,14H2,1-2H3. The van der Waals surface area contributed by atoms with Gasteiger partial charge in [0.25, 0.3) is 0 Å². The van der Waals surface area contributed by atoms with Crippen LogP contribution in [0.2, 0.25) is 0 Å². The number of anilines is 1. The molecule has 0 spiro atoms. The molecule has 0 aliphatic carbocycles. The van der Waals surface area contributed by atoms with Crippen LogP contribution >= 0.6 is 0 Å². The molecule has 0 aliphatic rings. The Morgan fingerprint density at radius 1 is 1.26 bits per heavy atom. The van der Waals surface area contributed by atoms with E-state index in [4.69, 9.17) is 10.5 Å². The Morgan fingerprint density at radius 2 is 2.00 bits per heavy atom. The van der Waals surface area contributed by atoms with Gasteiger partial charge in [-0.15, -0.1) is 0 Å². The Hall–Kier alpha value is -1.27. The van der Waals surface area contributed by atoms with Crippen LogP contribution in [-0.2, 0) is 10.0 Å². The number of nitrogens with two attached hydrogens (primary N) is 1. The minimum Gasteiger partial charge on any atom is -0.495 e. The number of hydrogen-bond donors (Lipinski definition) is 2. The summed E-state index contributed by atoms with van der Waals surface area (Å²) < 4.78 is 31.9. The smallest absolute Gasteiger partial charge is 0.244 e. The molecule has 108 valence electrons. The molecule has 1 rings (SSSR count). The number of nitrogens with one attached hydrogen (secondary N) is 1. The Kier molecular flexibility index (Phi) is 6.11. The second-order valence-corrected chi connectivity index (χ2v) is 6.10. The third-order valence-electron chi connectivity index (χ3n) is 2.80. The van der Waals surface area contributed by atoms with Crippen molar-refractivity contribution in [3.05, 3.63) is 18.2 Å². The van der Waals surface area contributed by atoms with Crippen molar-refractivity contribution in [2.75, 3.05) is 19.4 Å². The van der Waals surface area contributed by atoms with E-state index in [1.54, 1.807) is 6.07 Å². The normalized spacial score (nSPS) is 11.5. The predicted molar refractivity (Wildman–Crippen MR) is 76.7 cm³/mol. The fourth-order valence-electron chi connectivity index (χ4n) is 1.74. The molecule has 0 fully saturated rings. The van der Waals surface area contributed by atoms with Gasteiger partial charge in [-0.3, -0.25) is 0 Å². The topological polar surface area (TPSA) is 81.4 Å². The van der Waals surface area contributed by atoms with Gasteiger partial charge >= 0.3 is 0 Å². The molecule has 1 aromatic carbocycles. The molecule has 0 bridgehead atoms. The maximum atomic E-state index is 12.1. The van der Waals surface area contributed by atoms with E-state index >= 15 is 0 Å². The maximum absolute atomic E-state index is 12.1. The highest BCUT2D eigenvalue weighted by molar-refractivity contribution is 7.89. The SMILES string of the molecule is CCCCCCNS(=O)(=O)c1ccc(N)cc1OC. The van der Waals surface area contributed by atoms with Crippen LogP contribution in [0.4, 0.5) is 5.69 Å². The Labute approximate surface area is 115 Å². The minimum absolute atomic E-state index is 0.125. The zero-order valence-corrected chi connectivity index (χ0v) is 12.3. The Bertz CT molecular complexity index is 501. The van der Waals surface area contributed by atoms with Crippen molar-refractivity contribution in [1.82, 2.24) is 4.72 Å². The maximum Gasteiger partial charge on any atom is 0.244 e. The molecule has 0 heterocycles. The lowest BCUT2D eigenvalue weighted by molar-refractivity contribution is 0.402. The van der Waals surface area contributed by atoms with Gasteiger partial charge in [-0.2, -0.15) is 0 Å². The van der Waals surface area contributed by atoms with E-state index in [9.17, 15) is 8.42 Å². The molecule has 6 heteroatoms. The summed E-state index contributed by atoms with van der Waals surface area (Å²) in [4.78, 5) is 0.125. The highest BCUT2D eigenvalue weighted by Crippen LogP contribution is 2.25. The van der Waals surface area contributed by atoms with Gasteiger partial charge in [-0.05, 0) is 18.6 Å². The van der Waals surface area contributed by atoms with Gasteiger partial charge in [0.2, 0.25) is 10.0 Å². The molecule has 0 aromatic heterocycles. The van der Waals surface area contributed by atoms with Gasteiger partial charge in [0.1, 0.15) is 10.6 Å². The van der Waals surface area contributed by atoms with Crippen LogP contribution in [-0.4, -0.2) is 22.1 Å². The summed E-state index contributed by atoms with van der Waals surface area (Å²) in [6.07, 6.45) is 4.10. The van der Waals surface area contributed by atoms with Crippen molar-refractivity contribution in [2.24, 2.45) is 0 Å². The molecule has 0 aliphatic heterocycles. The monoisotopic (exact) mass is 286 g/mol. The largest absolute Gasteiger partial charge is 0.495 e. The van der Waals surface area contributed by atoms with E-state index in [0.717, 1.165) is 25.7 Å². The third kappa shape index (κ3) is 4.72. The summed E-state index contributed by atoms with van der Waals surface area (Å²) in [5, 5.41) is 0. The molecule has 0 amide bonds. The number of rotatable bonds is 8. The molecule has 0 radical (unpaired) electrons. The second kappa shape index (κ2) is 7.35. The van der Waals surface area contributed by atoms with E-state index in [2.05, 4.69) is 11.6 Å². The molecule has 3 N–H and O–H groups in total. The van der Waals surface area contributed by atoms with Gasteiger partial charge in [0.05, 0.1) is 7.11 Å². The molecule has 0 atom stereocenters. The number of unbranched alkanes of at least 4 members (excludes halogenated alkanes) is 3. The Morgan fingerprint density at radius 3 is 2.63 bits per heavy atom. The van der Waals surface area contributed by atoms with E-state index < -0.39 is 10.0 Å². The summed E-state index contributed by atoms with van der Waals surface area (Å²) in [5.41, 5.74) is 6.08. The fourth-order valence-corrected chi connectivity index (χ4v) is 2.97. The lowest BCUT2D eigenvalue weighted by Crippen LogP contribution is -2.25. The summed E-state index contributed by atoms with van der Waals surface area (Å²) >= 11 is 0. The summed E-state index contributed by atoms with van der Waals surface area (Å²) in [7, 11) is -2.11. The molecular formula is C13H22N2O3S. The molecule has 1 aromatic rings. The van der Waals surface area contributed by atoms with Crippen molar-refractivity contribution >= 4 is 15.7 Å².